The van der Waals surface area contributed by atoms with E-state index in [1.807, 2.05) is 0 Å². The van der Waals surface area contributed by atoms with Crippen LogP contribution < -0.4 is 0 Å². The Balaban J connectivity index is 1.81. The minimum atomic E-state index is 0.201. The lowest BCUT2D eigenvalue weighted by Crippen LogP contribution is -2.63. The zero-order valence-corrected chi connectivity index (χ0v) is 13.9. The molecule has 116 valence electrons. The Kier molecular flexibility index (Phi) is 4.11. The van der Waals surface area contributed by atoms with E-state index in [4.69, 9.17) is 4.74 Å². The van der Waals surface area contributed by atoms with Gasteiger partial charge in [-0.15, -0.1) is 0 Å². The lowest BCUT2D eigenvalue weighted by molar-refractivity contribution is -0.229. The largest absolute Gasteiger partial charge is 0.360 e. The molecule has 1 heterocycles. The molecular weight excluding hydrogens is 258 g/mol. The highest BCUT2D eigenvalue weighted by Crippen LogP contribution is 2.45. The summed E-state index contributed by atoms with van der Waals surface area (Å²) in [5.74, 6) is 1.48. The van der Waals surface area contributed by atoms with Gasteiger partial charge in [0.05, 0.1) is 6.10 Å². The van der Waals surface area contributed by atoms with E-state index in [1.54, 1.807) is 0 Å². The Morgan fingerprint density at radius 3 is 2.57 bits per heavy atom. The van der Waals surface area contributed by atoms with E-state index >= 15 is 0 Å². The molecule has 21 heavy (non-hydrogen) atoms. The first-order valence-electron chi connectivity index (χ1n) is 8.44. The molecule has 0 bridgehead atoms. The van der Waals surface area contributed by atoms with Crippen molar-refractivity contribution in [3.63, 3.8) is 0 Å². The number of hydrogen-bond acceptors (Lipinski definition) is 2. The van der Waals surface area contributed by atoms with Crippen LogP contribution in [0.25, 0.3) is 0 Å². The van der Waals surface area contributed by atoms with E-state index in [-0.39, 0.29) is 11.8 Å². The molecule has 1 saturated heterocycles. The van der Waals surface area contributed by atoms with Gasteiger partial charge in [-0.3, -0.25) is 4.90 Å². The maximum absolute atomic E-state index is 6.41. The Hall–Kier alpha value is -0.860. The number of fused-ring (bicyclic) bond motifs is 1. The van der Waals surface area contributed by atoms with Gasteiger partial charge in [0, 0.05) is 18.0 Å². The number of rotatable bonds is 2. The molecule has 1 saturated carbocycles. The van der Waals surface area contributed by atoms with E-state index in [0.29, 0.717) is 12.0 Å². The molecule has 1 aliphatic heterocycles. The van der Waals surface area contributed by atoms with Crippen molar-refractivity contribution < 1.29 is 4.74 Å². The van der Waals surface area contributed by atoms with Crippen LogP contribution >= 0.6 is 0 Å². The van der Waals surface area contributed by atoms with E-state index in [0.717, 1.165) is 12.5 Å². The summed E-state index contributed by atoms with van der Waals surface area (Å²) >= 11 is 0. The fourth-order valence-corrected chi connectivity index (χ4v) is 4.41. The maximum Gasteiger partial charge on any atom is 0.108 e. The molecule has 1 aliphatic carbocycles. The normalized spacial score (nSPS) is 36.2. The van der Waals surface area contributed by atoms with E-state index in [1.165, 1.54) is 24.8 Å². The Labute approximate surface area is 129 Å². The third-order valence-corrected chi connectivity index (χ3v) is 5.71. The second-order valence-electron chi connectivity index (χ2n) is 7.57. The predicted molar refractivity (Wildman–Crippen MR) is 86.9 cm³/mol. The van der Waals surface area contributed by atoms with Crippen LogP contribution in [0, 0.1) is 11.8 Å². The van der Waals surface area contributed by atoms with Crippen LogP contribution in [0.5, 0.6) is 0 Å². The van der Waals surface area contributed by atoms with Gasteiger partial charge in [0.15, 0.2) is 0 Å². The molecule has 2 nitrogen and oxygen atoms in total. The number of ether oxygens (including phenoxy) is 1. The standard InChI is InChI=1S/C19H29NO/c1-14-10-11-17-18(12-14)21-15(2)20(19(17,3)4)13-16-8-6-5-7-9-16/h5-9,14-15,17-18H,10-13H2,1-4H3/t14-,15+,17?,18?/m0/s1. The van der Waals surface area contributed by atoms with Crippen molar-refractivity contribution in [1.29, 1.82) is 0 Å². The van der Waals surface area contributed by atoms with Crippen LogP contribution in [-0.4, -0.2) is 22.8 Å². The van der Waals surface area contributed by atoms with Crippen LogP contribution in [0.2, 0.25) is 0 Å². The minimum absolute atomic E-state index is 0.201. The monoisotopic (exact) mass is 287 g/mol. The van der Waals surface area contributed by atoms with Gasteiger partial charge in [-0.2, -0.15) is 0 Å². The number of hydrogen-bond donors (Lipinski definition) is 0. The van der Waals surface area contributed by atoms with E-state index < -0.39 is 0 Å². The van der Waals surface area contributed by atoms with Crippen molar-refractivity contribution in [2.45, 2.75) is 71.4 Å². The van der Waals surface area contributed by atoms with Gasteiger partial charge in [-0.25, -0.2) is 0 Å². The maximum atomic E-state index is 6.41. The van der Waals surface area contributed by atoms with Crippen molar-refractivity contribution in [2.24, 2.45) is 11.8 Å². The third kappa shape index (κ3) is 2.89. The Morgan fingerprint density at radius 2 is 1.86 bits per heavy atom. The summed E-state index contributed by atoms with van der Waals surface area (Å²) in [6, 6.07) is 10.8. The smallest absolute Gasteiger partial charge is 0.108 e. The molecule has 0 spiro atoms. The second kappa shape index (κ2) is 5.73. The highest BCUT2D eigenvalue weighted by molar-refractivity contribution is 5.15. The Bertz CT molecular complexity index is 470. The van der Waals surface area contributed by atoms with Crippen LogP contribution in [-0.2, 0) is 11.3 Å². The highest BCUT2D eigenvalue weighted by Gasteiger charge is 2.49. The highest BCUT2D eigenvalue weighted by atomic mass is 16.5. The van der Waals surface area contributed by atoms with Crippen LogP contribution in [0.15, 0.2) is 30.3 Å². The molecule has 1 aromatic carbocycles. The van der Waals surface area contributed by atoms with Crippen LogP contribution in [0.3, 0.4) is 0 Å². The van der Waals surface area contributed by atoms with E-state index in [2.05, 4.69) is 62.9 Å². The molecule has 2 unspecified atom stereocenters. The average molecular weight is 287 g/mol. The van der Waals surface area contributed by atoms with Crippen molar-refractivity contribution in [2.75, 3.05) is 0 Å². The first-order valence-corrected chi connectivity index (χ1v) is 8.44. The molecule has 0 aromatic heterocycles. The quantitative estimate of drug-likeness (QED) is 0.797. The minimum Gasteiger partial charge on any atom is -0.360 e. The summed E-state index contributed by atoms with van der Waals surface area (Å²) in [5, 5.41) is 0. The summed E-state index contributed by atoms with van der Waals surface area (Å²) < 4.78 is 6.41. The van der Waals surface area contributed by atoms with Gasteiger partial charge in [0.2, 0.25) is 0 Å². The summed E-state index contributed by atoms with van der Waals surface area (Å²) in [7, 11) is 0. The molecular formula is C19H29NO. The lowest BCUT2D eigenvalue weighted by Gasteiger charge is -2.56. The SMILES string of the molecule is C[C@H]1CCC2C(C1)O[C@H](C)N(Cc1ccccc1)C2(C)C. The third-order valence-electron chi connectivity index (χ3n) is 5.71. The van der Waals surface area contributed by atoms with Gasteiger partial charge in [-0.1, -0.05) is 43.7 Å². The fraction of sp³-hybridized carbons (Fsp3) is 0.684. The number of benzene rings is 1. The van der Waals surface area contributed by atoms with Crippen LogP contribution in [0.4, 0.5) is 0 Å². The number of nitrogens with zero attached hydrogens (tertiary/aromatic N) is 1. The van der Waals surface area contributed by atoms with Gasteiger partial charge in [0.1, 0.15) is 6.23 Å². The molecule has 1 aromatic rings. The molecule has 0 N–H and O–H groups in total. The zero-order valence-electron chi connectivity index (χ0n) is 13.9. The fourth-order valence-electron chi connectivity index (χ4n) is 4.41. The Morgan fingerprint density at radius 1 is 1.14 bits per heavy atom. The predicted octanol–water partition coefficient (Wildman–Crippen LogP) is 4.45. The van der Waals surface area contributed by atoms with Crippen molar-refractivity contribution >= 4 is 0 Å². The van der Waals surface area contributed by atoms with Crippen molar-refractivity contribution in [1.82, 2.24) is 4.90 Å². The van der Waals surface area contributed by atoms with Crippen molar-refractivity contribution in [3.8, 4) is 0 Å². The molecule has 4 atom stereocenters. The van der Waals surface area contributed by atoms with Gasteiger partial charge >= 0.3 is 0 Å². The first kappa shape index (κ1) is 15.1. The summed E-state index contributed by atoms with van der Waals surface area (Å²) in [6.45, 7) is 10.4. The summed E-state index contributed by atoms with van der Waals surface area (Å²) in [4.78, 5) is 2.56. The topological polar surface area (TPSA) is 12.5 Å². The summed E-state index contributed by atoms with van der Waals surface area (Å²) in [5.41, 5.74) is 1.59. The molecule has 2 heteroatoms. The van der Waals surface area contributed by atoms with Crippen LogP contribution in [0.1, 0.15) is 52.5 Å². The average Bonchev–Trinajstić information content (AvgIpc) is 2.44. The lowest BCUT2D eigenvalue weighted by atomic mass is 9.70. The van der Waals surface area contributed by atoms with E-state index in [9.17, 15) is 0 Å². The molecule has 2 aliphatic rings. The molecule has 0 amide bonds. The van der Waals surface area contributed by atoms with Gasteiger partial charge in [0.25, 0.3) is 0 Å². The second-order valence-corrected chi connectivity index (χ2v) is 7.57. The first-order chi connectivity index (χ1) is 9.98. The zero-order chi connectivity index (χ0) is 15.0. The van der Waals surface area contributed by atoms with Gasteiger partial charge < -0.3 is 4.74 Å². The van der Waals surface area contributed by atoms with Gasteiger partial charge in [-0.05, 0) is 45.1 Å². The molecule has 3 rings (SSSR count). The molecule has 2 fully saturated rings. The molecule has 0 radical (unpaired) electrons. The summed E-state index contributed by atoms with van der Waals surface area (Å²) in [6.07, 6.45) is 4.54. The van der Waals surface area contributed by atoms with Crippen molar-refractivity contribution in [3.05, 3.63) is 35.9 Å².